The van der Waals surface area contributed by atoms with E-state index in [4.69, 9.17) is 28.4 Å². The maximum Gasteiger partial charge on any atom is 0.345 e. The Kier molecular flexibility index (Phi) is 16.6. The molecule has 0 saturated heterocycles. The Balaban J connectivity index is 1.12. The first-order chi connectivity index (χ1) is 32.1. The minimum absolute atomic E-state index is 0.303. The summed E-state index contributed by atoms with van der Waals surface area (Å²) in [6.07, 6.45) is 0. The Labute approximate surface area is 396 Å². The molecule has 0 saturated carbocycles. The molecule has 6 rings (SSSR count). The SMILES string of the molecule is CC(C)(C#Cc1ccccc1)OC(=O)COc1ccc([S+](c2ccc(OCC(=O)OC(C)(C)C#Cc3ccccc3)cc2)c2ccc(OCC(=O)OC(C)(C)C#Cc3ccccc3)cc2)cc1. The lowest BCUT2D eigenvalue weighted by molar-refractivity contribution is -0.155. The van der Waals surface area contributed by atoms with Crippen molar-refractivity contribution in [2.24, 2.45) is 0 Å². The van der Waals surface area contributed by atoms with Crippen LogP contribution in [-0.4, -0.2) is 54.5 Å². The van der Waals surface area contributed by atoms with Gasteiger partial charge in [0.05, 0.1) is 10.9 Å². The number of hydrogen-bond acceptors (Lipinski definition) is 9. The van der Waals surface area contributed by atoms with Crippen LogP contribution in [0.4, 0.5) is 0 Å². The van der Waals surface area contributed by atoms with Crippen LogP contribution in [0.5, 0.6) is 17.2 Å². The van der Waals surface area contributed by atoms with Crippen LogP contribution < -0.4 is 14.2 Å². The normalized spacial score (nSPS) is 11.0. The molecule has 0 aliphatic rings. The minimum Gasteiger partial charge on any atom is -0.482 e. The molecular weight excluding hydrogens is 861 g/mol. The number of ether oxygens (including phenoxy) is 6. The van der Waals surface area contributed by atoms with Gasteiger partial charge in [-0.2, -0.15) is 0 Å². The molecule has 0 amide bonds. The van der Waals surface area contributed by atoms with E-state index in [0.29, 0.717) is 17.2 Å². The number of esters is 3. The number of rotatable bonds is 15. The number of carbonyl (C=O) groups excluding carboxylic acids is 3. The second-order valence-corrected chi connectivity index (χ2v) is 18.4. The molecule has 338 valence electrons. The molecule has 0 aliphatic carbocycles. The topological polar surface area (TPSA) is 107 Å². The van der Waals surface area contributed by atoms with Crippen molar-refractivity contribution >= 4 is 28.8 Å². The molecule has 6 aromatic carbocycles. The molecule has 0 aliphatic heterocycles. The zero-order chi connectivity index (χ0) is 47.7. The summed E-state index contributed by atoms with van der Waals surface area (Å²) in [6.45, 7) is 9.47. The van der Waals surface area contributed by atoms with Crippen LogP contribution in [0.3, 0.4) is 0 Å². The zero-order valence-corrected chi connectivity index (χ0v) is 39.1. The third-order valence-corrected chi connectivity index (χ3v) is 11.4. The molecule has 0 heterocycles. The minimum atomic E-state index is -1.02. The Morgan fingerprint density at radius 1 is 0.373 bits per heavy atom. The summed E-state index contributed by atoms with van der Waals surface area (Å²) in [7, 11) is -0.660. The molecule has 0 unspecified atom stereocenters. The predicted molar refractivity (Wildman–Crippen MR) is 258 cm³/mol. The van der Waals surface area contributed by atoms with Gasteiger partial charge < -0.3 is 28.4 Å². The second kappa shape index (κ2) is 22.9. The van der Waals surface area contributed by atoms with Crippen LogP contribution in [0.15, 0.2) is 178 Å². The molecule has 0 radical (unpaired) electrons. The van der Waals surface area contributed by atoms with E-state index >= 15 is 0 Å². The largest absolute Gasteiger partial charge is 0.482 e. The maximum atomic E-state index is 12.8. The van der Waals surface area contributed by atoms with Gasteiger partial charge in [0.1, 0.15) is 17.2 Å². The molecular formula is C57H51O9S+. The van der Waals surface area contributed by atoms with E-state index in [9.17, 15) is 14.4 Å². The van der Waals surface area contributed by atoms with Crippen molar-refractivity contribution in [1.82, 2.24) is 0 Å². The predicted octanol–water partition coefficient (Wildman–Crippen LogP) is 10.0. The smallest absolute Gasteiger partial charge is 0.345 e. The molecule has 0 atom stereocenters. The quantitative estimate of drug-likeness (QED) is 0.0431. The van der Waals surface area contributed by atoms with Crippen LogP contribution in [0.2, 0.25) is 0 Å². The molecule has 0 spiro atoms. The summed E-state index contributed by atoms with van der Waals surface area (Å²) in [4.78, 5) is 41.2. The van der Waals surface area contributed by atoms with Crippen molar-refractivity contribution in [3.63, 3.8) is 0 Å². The lowest BCUT2D eigenvalue weighted by Gasteiger charge is -2.19. The standard InChI is InChI=1S/C57H51O9S/c1-55(2,37-34-43-16-10-7-11-17-43)64-52(58)40-61-46-22-28-49(29-23-46)67(50-30-24-47(25-31-50)62-41-53(59)65-56(3,4)38-35-44-18-12-8-13-19-44)51-32-26-48(27-33-51)63-42-54(60)66-57(5,6)39-36-45-20-14-9-15-21-45/h7-33H,40-42H2,1-6H3/q+1. The highest BCUT2D eigenvalue weighted by atomic mass is 32.2. The highest BCUT2D eigenvalue weighted by Crippen LogP contribution is 2.34. The van der Waals surface area contributed by atoms with E-state index in [1.54, 1.807) is 77.9 Å². The van der Waals surface area contributed by atoms with Crippen LogP contribution in [0, 0.1) is 35.5 Å². The van der Waals surface area contributed by atoms with Gasteiger partial charge in [-0.05, 0) is 151 Å². The summed E-state index contributed by atoms with van der Waals surface area (Å²) in [5, 5.41) is 0. The van der Waals surface area contributed by atoms with Gasteiger partial charge in [0.2, 0.25) is 0 Å². The third kappa shape index (κ3) is 16.3. The Morgan fingerprint density at radius 2 is 0.612 bits per heavy atom. The van der Waals surface area contributed by atoms with Crippen molar-refractivity contribution in [2.45, 2.75) is 73.0 Å². The summed E-state index contributed by atoms with van der Waals surface area (Å²) < 4.78 is 34.3. The Hall–Kier alpha value is -7.84. The van der Waals surface area contributed by atoms with Crippen LogP contribution in [0.25, 0.3) is 0 Å². The average molecular weight is 912 g/mol. The van der Waals surface area contributed by atoms with Gasteiger partial charge in [0, 0.05) is 16.7 Å². The van der Waals surface area contributed by atoms with E-state index in [0.717, 1.165) is 31.4 Å². The monoisotopic (exact) mass is 911 g/mol. The lowest BCUT2D eigenvalue weighted by Crippen LogP contribution is -2.29. The highest BCUT2D eigenvalue weighted by Gasteiger charge is 2.30. The third-order valence-electron chi connectivity index (χ3n) is 9.20. The van der Waals surface area contributed by atoms with E-state index in [-0.39, 0.29) is 19.8 Å². The molecule has 67 heavy (non-hydrogen) atoms. The Bertz CT molecular complexity index is 2480. The van der Waals surface area contributed by atoms with E-state index in [1.165, 1.54) is 0 Å². The highest BCUT2D eigenvalue weighted by molar-refractivity contribution is 7.97. The van der Waals surface area contributed by atoms with Gasteiger partial charge in [0.25, 0.3) is 0 Å². The van der Waals surface area contributed by atoms with Gasteiger partial charge in [0.15, 0.2) is 51.3 Å². The van der Waals surface area contributed by atoms with Gasteiger partial charge in [-0.25, -0.2) is 14.4 Å². The van der Waals surface area contributed by atoms with Crippen molar-refractivity contribution < 1.29 is 42.8 Å². The molecule has 0 N–H and O–H groups in total. The fourth-order valence-electron chi connectivity index (χ4n) is 6.10. The number of benzene rings is 6. The molecule has 0 aromatic heterocycles. The maximum absolute atomic E-state index is 12.8. The summed E-state index contributed by atoms with van der Waals surface area (Å²) in [6, 6.07) is 50.8. The number of hydrogen-bond donors (Lipinski definition) is 0. The first kappa shape index (κ1) is 48.6. The van der Waals surface area contributed by atoms with Gasteiger partial charge in [-0.15, -0.1) is 0 Å². The first-order valence-corrected chi connectivity index (χ1v) is 22.7. The van der Waals surface area contributed by atoms with Gasteiger partial charge in [-0.1, -0.05) is 90.1 Å². The zero-order valence-electron chi connectivity index (χ0n) is 38.3. The summed E-state index contributed by atoms with van der Waals surface area (Å²) in [5.74, 6) is 17.9. The van der Waals surface area contributed by atoms with Crippen LogP contribution >= 0.6 is 0 Å². The molecule has 0 bridgehead atoms. The van der Waals surface area contributed by atoms with Crippen molar-refractivity contribution in [3.05, 3.63) is 180 Å². The molecule has 6 aromatic rings. The van der Waals surface area contributed by atoms with Gasteiger partial charge >= 0.3 is 17.9 Å². The fourth-order valence-corrected chi connectivity index (χ4v) is 8.14. The Morgan fingerprint density at radius 3 is 0.851 bits per heavy atom. The van der Waals surface area contributed by atoms with E-state index in [1.807, 2.05) is 127 Å². The van der Waals surface area contributed by atoms with E-state index in [2.05, 4.69) is 35.5 Å². The molecule has 10 heteroatoms. The number of carbonyl (C=O) groups is 3. The molecule has 0 fully saturated rings. The van der Waals surface area contributed by atoms with Crippen molar-refractivity contribution in [3.8, 4) is 52.8 Å². The van der Waals surface area contributed by atoms with Crippen molar-refractivity contribution in [2.75, 3.05) is 19.8 Å². The van der Waals surface area contributed by atoms with Crippen LogP contribution in [0.1, 0.15) is 58.2 Å². The first-order valence-electron chi connectivity index (χ1n) is 21.4. The van der Waals surface area contributed by atoms with Crippen molar-refractivity contribution in [1.29, 1.82) is 0 Å². The summed E-state index contributed by atoms with van der Waals surface area (Å²) >= 11 is 0. The lowest BCUT2D eigenvalue weighted by atomic mass is 10.1. The van der Waals surface area contributed by atoms with E-state index < -0.39 is 45.6 Å². The van der Waals surface area contributed by atoms with Gasteiger partial charge in [-0.3, -0.25) is 0 Å². The van der Waals surface area contributed by atoms with Crippen LogP contribution in [-0.2, 0) is 39.5 Å². The molecule has 9 nitrogen and oxygen atoms in total. The second-order valence-electron chi connectivity index (χ2n) is 16.4. The average Bonchev–Trinajstić information content (AvgIpc) is 3.32. The summed E-state index contributed by atoms with van der Waals surface area (Å²) in [5.41, 5.74) is -0.603. The fraction of sp³-hybridized carbons (Fsp3) is 0.211.